The predicted molar refractivity (Wildman–Crippen MR) is 119 cm³/mol. The van der Waals surface area contributed by atoms with E-state index in [1.165, 1.54) is 0 Å². The highest BCUT2D eigenvalue weighted by molar-refractivity contribution is 6.32. The largest absolute Gasteiger partial charge is 0.487 e. The summed E-state index contributed by atoms with van der Waals surface area (Å²) in [5, 5.41) is 19.4. The zero-order valence-electron chi connectivity index (χ0n) is 17.2. The van der Waals surface area contributed by atoms with E-state index in [9.17, 15) is 10.5 Å². The average molecular weight is 458 g/mol. The van der Waals surface area contributed by atoms with Gasteiger partial charge in [-0.1, -0.05) is 35.9 Å². The molecule has 33 heavy (non-hydrogen) atoms. The monoisotopic (exact) mass is 457 g/mol. The summed E-state index contributed by atoms with van der Waals surface area (Å²) in [6.45, 7) is 0.312. The number of nitrogens with two attached hydrogens (primary N) is 1. The van der Waals surface area contributed by atoms with E-state index in [4.69, 9.17) is 36.3 Å². The minimum Gasteiger partial charge on any atom is -0.487 e. The van der Waals surface area contributed by atoms with Crippen molar-refractivity contribution in [3.05, 3.63) is 93.3 Å². The zero-order chi connectivity index (χ0) is 22.9. The van der Waals surface area contributed by atoms with Crippen LogP contribution in [-0.2, 0) is 6.61 Å². The van der Waals surface area contributed by atoms with Crippen LogP contribution in [0.5, 0.6) is 23.0 Å². The van der Waals surface area contributed by atoms with E-state index in [2.05, 4.69) is 12.1 Å². The van der Waals surface area contributed by atoms with Gasteiger partial charge in [-0.2, -0.15) is 10.5 Å². The Morgan fingerprint density at radius 1 is 1.00 bits per heavy atom. The molecule has 0 saturated carbocycles. The van der Waals surface area contributed by atoms with E-state index >= 15 is 0 Å². The Morgan fingerprint density at radius 3 is 2.55 bits per heavy atom. The van der Waals surface area contributed by atoms with Crippen molar-refractivity contribution in [2.24, 2.45) is 5.73 Å². The SMILES string of the molecule is N#CC1=C(N)Oc2cc3c(cc2[C@H]1c1ccc(OCc2ccccc2C#N)c(Cl)c1)OCO3. The van der Waals surface area contributed by atoms with Crippen molar-refractivity contribution in [1.82, 2.24) is 0 Å². The molecule has 5 rings (SSSR count). The van der Waals surface area contributed by atoms with Gasteiger partial charge in [-0.05, 0) is 29.8 Å². The third kappa shape index (κ3) is 3.65. The lowest BCUT2D eigenvalue weighted by atomic mass is 9.83. The highest BCUT2D eigenvalue weighted by Gasteiger charge is 2.33. The summed E-state index contributed by atoms with van der Waals surface area (Å²) >= 11 is 6.54. The summed E-state index contributed by atoms with van der Waals surface area (Å²) in [5.41, 5.74) is 9.10. The third-order valence-electron chi connectivity index (χ3n) is 5.52. The number of hydrogen-bond donors (Lipinski definition) is 1. The average Bonchev–Trinajstić information content (AvgIpc) is 3.28. The van der Waals surface area contributed by atoms with Crippen LogP contribution in [0.15, 0.2) is 66.1 Å². The molecule has 0 aromatic heterocycles. The van der Waals surface area contributed by atoms with Crippen LogP contribution in [0.2, 0.25) is 5.02 Å². The van der Waals surface area contributed by atoms with Crippen molar-refractivity contribution in [3.8, 4) is 35.1 Å². The lowest BCUT2D eigenvalue weighted by molar-refractivity contribution is 0.174. The summed E-state index contributed by atoms with van der Waals surface area (Å²) in [7, 11) is 0. The molecule has 3 aromatic rings. The number of hydrogen-bond acceptors (Lipinski definition) is 7. The second-order valence-corrected chi connectivity index (χ2v) is 7.82. The lowest BCUT2D eigenvalue weighted by Gasteiger charge is -2.27. The Labute approximate surface area is 194 Å². The normalized spacial score (nSPS) is 15.8. The van der Waals surface area contributed by atoms with Crippen LogP contribution >= 0.6 is 11.6 Å². The van der Waals surface area contributed by atoms with E-state index < -0.39 is 5.92 Å². The van der Waals surface area contributed by atoms with E-state index in [0.29, 0.717) is 33.6 Å². The second-order valence-electron chi connectivity index (χ2n) is 7.42. The first-order chi connectivity index (χ1) is 16.1. The Balaban J connectivity index is 1.49. The molecule has 0 amide bonds. The van der Waals surface area contributed by atoms with Gasteiger partial charge in [-0.3, -0.25) is 0 Å². The molecule has 2 aliphatic rings. The number of nitrogens with zero attached hydrogens (tertiary/aromatic N) is 2. The molecule has 0 aliphatic carbocycles. The molecule has 1 atom stereocenters. The smallest absolute Gasteiger partial charge is 0.231 e. The Bertz CT molecular complexity index is 1390. The molecule has 3 aromatic carbocycles. The molecule has 0 unspecified atom stereocenters. The lowest BCUT2D eigenvalue weighted by Crippen LogP contribution is -2.21. The number of allylic oxidation sites excluding steroid dienone is 1. The maximum atomic E-state index is 9.79. The fourth-order valence-corrected chi connectivity index (χ4v) is 4.16. The third-order valence-corrected chi connectivity index (χ3v) is 5.82. The first-order valence-corrected chi connectivity index (χ1v) is 10.4. The highest BCUT2D eigenvalue weighted by Crippen LogP contribution is 2.48. The molecule has 162 valence electrons. The van der Waals surface area contributed by atoms with E-state index in [1.807, 2.05) is 18.2 Å². The van der Waals surface area contributed by atoms with Crippen molar-refractivity contribution >= 4 is 11.6 Å². The van der Waals surface area contributed by atoms with Crippen molar-refractivity contribution in [2.45, 2.75) is 12.5 Å². The summed E-state index contributed by atoms with van der Waals surface area (Å²) in [5.74, 6) is 1.60. The van der Waals surface area contributed by atoms with Crippen LogP contribution < -0.4 is 24.7 Å². The van der Waals surface area contributed by atoms with Gasteiger partial charge in [0.2, 0.25) is 12.7 Å². The van der Waals surface area contributed by atoms with Gasteiger partial charge in [0.25, 0.3) is 0 Å². The number of ether oxygens (including phenoxy) is 4. The molecule has 0 spiro atoms. The molecular formula is C25H16ClN3O4. The van der Waals surface area contributed by atoms with Gasteiger partial charge in [0.15, 0.2) is 11.5 Å². The van der Waals surface area contributed by atoms with Crippen LogP contribution in [0, 0.1) is 22.7 Å². The maximum absolute atomic E-state index is 9.79. The second kappa shape index (κ2) is 8.31. The molecule has 0 radical (unpaired) electrons. The highest BCUT2D eigenvalue weighted by atomic mass is 35.5. The van der Waals surface area contributed by atoms with E-state index in [-0.39, 0.29) is 24.9 Å². The fourth-order valence-electron chi connectivity index (χ4n) is 3.91. The standard InChI is InChI=1S/C25H16ClN3O4/c26-19-7-14(5-6-20(19)30-12-16-4-2-1-3-15(16)10-27)24-17-8-22-23(32-13-31-22)9-21(17)33-25(29)18(24)11-28/h1-9,24H,12-13,29H2/t24-/m1/s1. The van der Waals surface area contributed by atoms with Crippen molar-refractivity contribution < 1.29 is 18.9 Å². The van der Waals surface area contributed by atoms with Crippen LogP contribution in [0.3, 0.4) is 0 Å². The van der Waals surface area contributed by atoms with Crippen LogP contribution in [0.1, 0.15) is 28.2 Å². The number of fused-ring (bicyclic) bond motifs is 2. The number of halogens is 1. The van der Waals surface area contributed by atoms with Gasteiger partial charge in [-0.15, -0.1) is 0 Å². The molecule has 7 nitrogen and oxygen atoms in total. The molecular weight excluding hydrogens is 442 g/mol. The Kier molecular flexibility index (Phi) is 5.18. The molecule has 2 N–H and O–H groups in total. The van der Waals surface area contributed by atoms with Crippen LogP contribution in [0.4, 0.5) is 0 Å². The van der Waals surface area contributed by atoms with Gasteiger partial charge in [0, 0.05) is 17.2 Å². The maximum Gasteiger partial charge on any atom is 0.231 e. The van der Waals surface area contributed by atoms with Gasteiger partial charge in [0.1, 0.15) is 29.7 Å². The first-order valence-electron chi connectivity index (χ1n) is 10.0. The number of nitriles is 2. The fraction of sp³-hybridized carbons (Fsp3) is 0.120. The summed E-state index contributed by atoms with van der Waals surface area (Å²) < 4.78 is 22.5. The van der Waals surface area contributed by atoms with Crippen LogP contribution in [0.25, 0.3) is 0 Å². The minimum absolute atomic E-state index is 0.0263. The molecule has 0 saturated heterocycles. The summed E-state index contributed by atoms with van der Waals surface area (Å²) in [4.78, 5) is 0. The first kappa shape index (κ1) is 20.6. The van der Waals surface area contributed by atoms with Crippen molar-refractivity contribution in [3.63, 3.8) is 0 Å². The van der Waals surface area contributed by atoms with Crippen molar-refractivity contribution in [1.29, 1.82) is 10.5 Å². The molecule has 0 fully saturated rings. The predicted octanol–water partition coefficient (Wildman–Crippen LogP) is 4.74. The van der Waals surface area contributed by atoms with Gasteiger partial charge in [-0.25, -0.2) is 0 Å². The zero-order valence-corrected chi connectivity index (χ0v) is 17.9. The van der Waals surface area contributed by atoms with E-state index in [0.717, 1.165) is 16.7 Å². The van der Waals surface area contributed by atoms with Gasteiger partial charge >= 0.3 is 0 Å². The molecule has 0 bridgehead atoms. The Hall–Kier alpha value is -4.33. The van der Waals surface area contributed by atoms with Crippen molar-refractivity contribution in [2.75, 3.05) is 6.79 Å². The molecule has 2 heterocycles. The molecule has 8 heteroatoms. The van der Waals surface area contributed by atoms with Gasteiger partial charge < -0.3 is 24.7 Å². The molecule has 2 aliphatic heterocycles. The number of benzene rings is 3. The Morgan fingerprint density at radius 2 is 1.79 bits per heavy atom. The van der Waals surface area contributed by atoms with Gasteiger partial charge in [0.05, 0.1) is 22.6 Å². The van der Waals surface area contributed by atoms with Crippen LogP contribution in [-0.4, -0.2) is 6.79 Å². The summed E-state index contributed by atoms with van der Waals surface area (Å²) in [6, 6.07) is 20.3. The minimum atomic E-state index is -0.501. The quantitative estimate of drug-likeness (QED) is 0.602. The summed E-state index contributed by atoms with van der Waals surface area (Å²) in [6.07, 6.45) is 0. The van der Waals surface area contributed by atoms with E-state index in [1.54, 1.807) is 36.4 Å². The topological polar surface area (TPSA) is 111 Å². The number of rotatable bonds is 4.